The number of cyclic esters (lactones) is 1. The third-order valence-electron chi connectivity index (χ3n) is 7.54. The molecule has 3 aromatic carbocycles. The smallest absolute Gasteiger partial charge is 0.407 e. The molecule has 0 aliphatic carbocycles. The number of benzene rings is 3. The maximum atomic E-state index is 14.0. The lowest BCUT2D eigenvalue weighted by atomic mass is 9.92. The Balaban J connectivity index is 1.37. The van der Waals surface area contributed by atoms with Crippen LogP contribution in [0.2, 0.25) is 0 Å². The van der Waals surface area contributed by atoms with E-state index in [9.17, 15) is 13.6 Å². The van der Waals surface area contributed by atoms with Gasteiger partial charge in [0, 0.05) is 25.2 Å². The number of amides is 1. The normalized spacial score (nSPS) is 22.7. The Kier molecular flexibility index (Phi) is 7.42. The van der Waals surface area contributed by atoms with E-state index in [-0.39, 0.29) is 24.6 Å². The molecule has 2 saturated heterocycles. The van der Waals surface area contributed by atoms with Crippen LogP contribution in [0.15, 0.2) is 103 Å². The highest BCUT2D eigenvalue weighted by atomic mass is 19.1. The molecule has 8 heteroatoms. The third-order valence-corrected chi connectivity index (χ3v) is 7.54. The van der Waals surface area contributed by atoms with Gasteiger partial charge >= 0.3 is 6.09 Å². The van der Waals surface area contributed by atoms with Crippen LogP contribution >= 0.6 is 0 Å². The SMILES string of the molecule is O=C1N[C@@H](Cc2cc(F)cc(F)c2)[C@@H]([C@H]2C[C@@H](Oc3cccnc3)CN2C(c2ccccc2)c2ccccc2)O1. The molecule has 0 spiro atoms. The van der Waals surface area contributed by atoms with Gasteiger partial charge in [-0.3, -0.25) is 9.88 Å². The molecule has 2 fully saturated rings. The highest BCUT2D eigenvalue weighted by Gasteiger charge is 2.49. The van der Waals surface area contributed by atoms with Crippen molar-refractivity contribution < 1.29 is 23.0 Å². The fourth-order valence-electron chi connectivity index (χ4n) is 5.98. The first-order valence-electron chi connectivity index (χ1n) is 13.4. The Hall–Kier alpha value is -4.30. The molecule has 0 saturated carbocycles. The van der Waals surface area contributed by atoms with E-state index in [2.05, 4.69) is 39.5 Å². The lowest BCUT2D eigenvalue weighted by molar-refractivity contribution is 0.0530. The van der Waals surface area contributed by atoms with Crippen LogP contribution in [0.3, 0.4) is 0 Å². The van der Waals surface area contributed by atoms with Crippen molar-refractivity contribution in [1.82, 2.24) is 15.2 Å². The van der Waals surface area contributed by atoms with Crippen LogP contribution in [0, 0.1) is 11.6 Å². The number of halogens is 2. The van der Waals surface area contributed by atoms with E-state index in [4.69, 9.17) is 9.47 Å². The van der Waals surface area contributed by atoms with Gasteiger partial charge in [0.15, 0.2) is 0 Å². The number of nitrogens with one attached hydrogen (secondary N) is 1. The van der Waals surface area contributed by atoms with E-state index in [1.54, 1.807) is 12.4 Å². The first-order valence-corrected chi connectivity index (χ1v) is 13.4. The molecule has 2 aliphatic rings. The summed E-state index contributed by atoms with van der Waals surface area (Å²) < 4.78 is 40.2. The third kappa shape index (κ3) is 5.67. The number of rotatable bonds is 8. The molecule has 6 rings (SSSR count). The van der Waals surface area contributed by atoms with Gasteiger partial charge in [-0.1, -0.05) is 60.7 Å². The first-order chi connectivity index (χ1) is 19.5. The summed E-state index contributed by atoms with van der Waals surface area (Å²) in [6.45, 7) is 0.573. The molecule has 1 N–H and O–H groups in total. The molecule has 40 heavy (non-hydrogen) atoms. The second-order valence-corrected chi connectivity index (χ2v) is 10.3. The van der Waals surface area contributed by atoms with Crippen LogP contribution in [0.4, 0.5) is 13.6 Å². The van der Waals surface area contributed by atoms with Crippen LogP contribution in [0.5, 0.6) is 5.75 Å². The zero-order valence-corrected chi connectivity index (χ0v) is 21.7. The Morgan fingerprint density at radius 3 is 2.25 bits per heavy atom. The zero-order chi connectivity index (χ0) is 27.5. The van der Waals surface area contributed by atoms with Gasteiger partial charge in [-0.05, 0) is 47.4 Å². The molecule has 204 valence electrons. The van der Waals surface area contributed by atoms with Crippen molar-refractivity contribution in [1.29, 1.82) is 0 Å². The molecule has 0 bridgehead atoms. The van der Waals surface area contributed by atoms with Crippen molar-refractivity contribution in [3.8, 4) is 5.75 Å². The van der Waals surface area contributed by atoms with Gasteiger partial charge in [0.05, 0.1) is 24.3 Å². The summed E-state index contributed by atoms with van der Waals surface area (Å²) in [5, 5.41) is 2.89. The van der Waals surface area contributed by atoms with Gasteiger partial charge in [-0.25, -0.2) is 13.6 Å². The number of likely N-dealkylation sites (tertiary alicyclic amines) is 1. The molecule has 1 aromatic heterocycles. The summed E-state index contributed by atoms with van der Waals surface area (Å²) in [7, 11) is 0. The Morgan fingerprint density at radius 1 is 0.950 bits per heavy atom. The molecule has 6 nitrogen and oxygen atoms in total. The lowest BCUT2D eigenvalue weighted by Crippen LogP contribution is -2.48. The quantitative estimate of drug-likeness (QED) is 0.311. The fourth-order valence-corrected chi connectivity index (χ4v) is 5.98. The Morgan fingerprint density at radius 2 is 1.62 bits per heavy atom. The lowest BCUT2D eigenvalue weighted by Gasteiger charge is -2.36. The van der Waals surface area contributed by atoms with Gasteiger partial charge in [-0.2, -0.15) is 0 Å². The van der Waals surface area contributed by atoms with Crippen LogP contribution in [-0.4, -0.2) is 46.8 Å². The second kappa shape index (κ2) is 11.4. The molecule has 4 atom stereocenters. The summed E-state index contributed by atoms with van der Waals surface area (Å²) in [5.74, 6) is -0.646. The number of hydrogen-bond acceptors (Lipinski definition) is 5. The van der Waals surface area contributed by atoms with Crippen molar-refractivity contribution in [3.05, 3.63) is 132 Å². The van der Waals surface area contributed by atoms with Gasteiger partial charge < -0.3 is 14.8 Å². The van der Waals surface area contributed by atoms with Gasteiger partial charge in [0.1, 0.15) is 29.6 Å². The predicted octanol–water partition coefficient (Wildman–Crippen LogP) is 5.69. The number of pyridine rings is 1. The number of hydrogen-bond donors (Lipinski definition) is 1. The molecular formula is C32H29F2N3O3. The zero-order valence-electron chi connectivity index (χ0n) is 21.7. The van der Waals surface area contributed by atoms with Crippen LogP contribution in [0.1, 0.15) is 29.2 Å². The molecule has 4 aromatic rings. The summed E-state index contributed by atoms with van der Waals surface area (Å²) in [6, 6.07) is 26.7. The van der Waals surface area contributed by atoms with E-state index in [1.807, 2.05) is 48.5 Å². The highest BCUT2D eigenvalue weighted by Crippen LogP contribution is 2.39. The van der Waals surface area contributed by atoms with E-state index in [0.29, 0.717) is 24.3 Å². The minimum atomic E-state index is -0.655. The average molecular weight is 542 g/mol. The summed E-state index contributed by atoms with van der Waals surface area (Å²) in [4.78, 5) is 19.1. The predicted molar refractivity (Wildman–Crippen MR) is 146 cm³/mol. The topological polar surface area (TPSA) is 63.7 Å². The number of ether oxygens (including phenoxy) is 2. The van der Waals surface area contributed by atoms with Crippen LogP contribution < -0.4 is 10.1 Å². The van der Waals surface area contributed by atoms with Crippen molar-refractivity contribution in [2.24, 2.45) is 0 Å². The number of aromatic nitrogens is 1. The fraction of sp³-hybridized carbons (Fsp3) is 0.250. The number of alkyl carbamates (subject to hydrolysis) is 1. The molecule has 2 aliphatic heterocycles. The molecule has 0 radical (unpaired) electrons. The Bertz CT molecular complexity index is 1380. The molecule has 3 heterocycles. The monoisotopic (exact) mass is 541 g/mol. The number of carbonyl (C=O) groups is 1. The second-order valence-electron chi connectivity index (χ2n) is 10.3. The van der Waals surface area contributed by atoms with E-state index in [0.717, 1.165) is 17.2 Å². The maximum Gasteiger partial charge on any atom is 0.407 e. The summed E-state index contributed by atoms with van der Waals surface area (Å²) in [5.41, 5.74) is 2.65. The minimum Gasteiger partial charge on any atom is -0.487 e. The van der Waals surface area contributed by atoms with Crippen molar-refractivity contribution in [3.63, 3.8) is 0 Å². The summed E-state index contributed by atoms with van der Waals surface area (Å²) >= 11 is 0. The molecule has 0 unspecified atom stereocenters. The number of nitrogens with zero attached hydrogens (tertiary/aromatic N) is 2. The van der Waals surface area contributed by atoms with Gasteiger partial charge in [-0.15, -0.1) is 0 Å². The average Bonchev–Trinajstić information content (AvgIpc) is 3.52. The summed E-state index contributed by atoms with van der Waals surface area (Å²) in [6.07, 6.45) is 2.87. The van der Waals surface area contributed by atoms with Crippen molar-refractivity contribution >= 4 is 6.09 Å². The van der Waals surface area contributed by atoms with Crippen LogP contribution in [-0.2, 0) is 11.2 Å². The van der Waals surface area contributed by atoms with Gasteiger partial charge in [0.25, 0.3) is 0 Å². The number of carbonyl (C=O) groups excluding carboxylic acids is 1. The van der Waals surface area contributed by atoms with Crippen molar-refractivity contribution in [2.75, 3.05) is 6.54 Å². The Labute approximate surface area is 231 Å². The standard InChI is InChI=1S/C32H29F2N3O3/c33-24-14-21(15-25(34)17-24)16-28-31(40-32(38)36-28)29-18-27(39-26-12-7-13-35-19-26)20-37(29)30(22-8-3-1-4-9-22)23-10-5-2-6-11-23/h1-15,17,19,27-31H,16,18,20H2,(H,36,38)/t27-,28+,29-,31+/m1/s1. The maximum absolute atomic E-state index is 14.0. The van der Waals surface area contributed by atoms with E-state index >= 15 is 0 Å². The van der Waals surface area contributed by atoms with E-state index < -0.39 is 29.9 Å². The largest absolute Gasteiger partial charge is 0.487 e. The van der Waals surface area contributed by atoms with Gasteiger partial charge in [0.2, 0.25) is 0 Å². The van der Waals surface area contributed by atoms with Crippen molar-refractivity contribution in [2.45, 2.75) is 43.2 Å². The highest BCUT2D eigenvalue weighted by molar-refractivity contribution is 5.70. The molecule has 1 amide bonds. The van der Waals surface area contributed by atoms with E-state index in [1.165, 1.54) is 12.1 Å². The molecular weight excluding hydrogens is 512 g/mol. The van der Waals surface area contributed by atoms with Crippen LogP contribution in [0.25, 0.3) is 0 Å². The first kappa shape index (κ1) is 26.0. The minimum absolute atomic E-state index is 0.138.